The number of rotatable bonds is 3. The summed E-state index contributed by atoms with van der Waals surface area (Å²) in [6.07, 6.45) is 1.95. The highest BCUT2D eigenvalue weighted by atomic mass is 16.1. The summed E-state index contributed by atoms with van der Waals surface area (Å²) in [5.74, 6) is 0.283. The number of aryl methyl sites for hydroxylation is 2. The molecule has 0 atom stereocenters. The van der Waals surface area contributed by atoms with Crippen LogP contribution in [0.1, 0.15) is 39.9 Å². The lowest BCUT2D eigenvalue weighted by molar-refractivity contribution is 0.0946. The van der Waals surface area contributed by atoms with E-state index >= 15 is 0 Å². The molecule has 96 valence electrons. The van der Waals surface area contributed by atoms with Crippen molar-refractivity contribution >= 4 is 5.78 Å². The number of hydrogen-bond donors (Lipinski definition) is 0. The maximum atomic E-state index is 12.8. The third kappa shape index (κ3) is 2.10. The van der Waals surface area contributed by atoms with Gasteiger partial charge < -0.3 is 0 Å². The molecule has 19 heavy (non-hydrogen) atoms. The molecule has 0 unspecified atom stereocenters. The first-order valence-corrected chi connectivity index (χ1v) is 6.80. The molecule has 0 radical (unpaired) electrons. The van der Waals surface area contributed by atoms with Gasteiger partial charge >= 0.3 is 0 Å². The SMILES string of the molecule is Cc1cc(C)cc(C(=O)C2(c3ccccc3)CC2)c1. The molecule has 0 heterocycles. The van der Waals surface area contributed by atoms with Crippen molar-refractivity contribution in [2.75, 3.05) is 0 Å². The fourth-order valence-electron chi connectivity index (χ4n) is 2.91. The van der Waals surface area contributed by atoms with Crippen molar-refractivity contribution in [1.82, 2.24) is 0 Å². The quantitative estimate of drug-likeness (QED) is 0.745. The zero-order valence-electron chi connectivity index (χ0n) is 11.4. The Morgan fingerprint density at radius 2 is 1.53 bits per heavy atom. The monoisotopic (exact) mass is 250 g/mol. The van der Waals surface area contributed by atoms with Crippen molar-refractivity contribution in [2.24, 2.45) is 0 Å². The van der Waals surface area contributed by atoms with E-state index in [0.717, 1.165) is 29.5 Å². The largest absolute Gasteiger partial charge is 0.293 e. The van der Waals surface area contributed by atoms with Gasteiger partial charge in [-0.15, -0.1) is 0 Å². The number of Topliss-reactive ketones (excluding diaryl/α,β-unsaturated/α-hetero) is 1. The highest BCUT2D eigenvalue weighted by Crippen LogP contribution is 2.50. The van der Waals surface area contributed by atoms with Crippen molar-refractivity contribution in [2.45, 2.75) is 32.1 Å². The molecule has 2 aromatic rings. The van der Waals surface area contributed by atoms with E-state index in [-0.39, 0.29) is 11.2 Å². The molecule has 0 bridgehead atoms. The van der Waals surface area contributed by atoms with Crippen LogP contribution in [-0.2, 0) is 5.41 Å². The van der Waals surface area contributed by atoms with Crippen LogP contribution in [0.5, 0.6) is 0 Å². The molecule has 1 fully saturated rings. The third-order valence-electron chi connectivity index (χ3n) is 3.99. The lowest BCUT2D eigenvalue weighted by Gasteiger charge is -2.15. The van der Waals surface area contributed by atoms with Crippen LogP contribution in [0, 0.1) is 13.8 Å². The first-order valence-electron chi connectivity index (χ1n) is 6.80. The summed E-state index contributed by atoms with van der Waals surface area (Å²) >= 11 is 0. The van der Waals surface area contributed by atoms with E-state index in [1.54, 1.807) is 0 Å². The zero-order valence-corrected chi connectivity index (χ0v) is 11.4. The van der Waals surface area contributed by atoms with Gasteiger partial charge in [0.25, 0.3) is 0 Å². The van der Waals surface area contributed by atoms with Crippen molar-refractivity contribution in [1.29, 1.82) is 0 Å². The number of ketones is 1. The molecule has 0 aliphatic heterocycles. The summed E-state index contributed by atoms with van der Waals surface area (Å²) in [5.41, 5.74) is 4.10. The fourth-order valence-corrected chi connectivity index (χ4v) is 2.91. The molecule has 1 nitrogen and oxygen atoms in total. The smallest absolute Gasteiger partial charge is 0.173 e. The Kier molecular flexibility index (Phi) is 2.78. The summed E-state index contributed by atoms with van der Waals surface area (Å²) in [4.78, 5) is 12.8. The van der Waals surface area contributed by atoms with Gasteiger partial charge in [0.05, 0.1) is 5.41 Å². The van der Waals surface area contributed by atoms with Crippen molar-refractivity contribution < 1.29 is 4.79 Å². The van der Waals surface area contributed by atoms with Crippen LogP contribution in [0.25, 0.3) is 0 Å². The minimum Gasteiger partial charge on any atom is -0.293 e. The van der Waals surface area contributed by atoms with Crippen LogP contribution < -0.4 is 0 Å². The molecular formula is C18H18O. The molecule has 0 saturated heterocycles. The third-order valence-corrected chi connectivity index (χ3v) is 3.99. The van der Waals surface area contributed by atoms with E-state index in [9.17, 15) is 4.79 Å². The second-order valence-electron chi connectivity index (χ2n) is 5.65. The molecule has 1 aliphatic carbocycles. The Bertz CT molecular complexity index is 601. The van der Waals surface area contributed by atoms with Gasteiger partial charge in [-0.25, -0.2) is 0 Å². The minimum absolute atomic E-state index is 0.249. The second-order valence-corrected chi connectivity index (χ2v) is 5.65. The second kappa shape index (κ2) is 4.34. The maximum Gasteiger partial charge on any atom is 0.173 e. The van der Waals surface area contributed by atoms with Gasteiger partial charge in [0.2, 0.25) is 0 Å². The van der Waals surface area contributed by atoms with E-state index < -0.39 is 0 Å². The predicted octanol–water partition coefficient (Wildman–Crippen LogP) is 4.22. The molecular weight excluding hydrogens is 232 g/mol. The lowest BCUT2D eigenvalue weighted by atomic mass is 9.86. The average Bonchev–Trinajstić information content (AvgIpc) is 3.19. The molecule has 2 aromatic carbocycles. The summed E-state index contributed by atoms with van der Waals surface area (Å²) < 4.78 is 0. The molecule has 1 heteroatoms. The normalized spacial score (nSPS) is 16.1. The Labute approximate surface area is 114 Å². The number of hydrogen-bond acceptors (Lipinski definition) is 1. The van der Waals surface area contributed by atoms with Crippen LogP contribution in [0.3, 0.4) is 0 Å². The van der Waals surface area contributed by atoms with Crippen molar-refractivity contribution in [3.63, 3.8) is 0 Å². The fraction of sp³-hybridized carbons (Fsp3) is 0.278. The molecule has 1 aliphatic rings. The number of carbonyl (C=O) groups is 1. The summed E-state index contributed by atoms with van der Waals surface area (Å²) in [6.45, 7) is 4.09. The number of carbonyl (C=O) groups excluding carboxylic acids is 1. The van der Waals surface area contributed by atoms with Gasteiger partial charge in [-0.2, -0.15) is 0 Å². The van der Waals surface area contributed by atoms with E-state index in [0.29, 0.717) is 0 Å². The summed E-state index contributed by atoms with van der Waals surface area (Å²) in [6, 6.07) is 16.3. The van der Waals surface area contributed by atoms with Crippen molar-refractivity contribution in [3.8, 4) is 0 Å². The van der Waals surface area contributed by atoms with Crippen LogP contribution >= 0.6 is 0 Å². The van der Waals surface area contributed by atoms with E-state index in [4.69, 9.17) is 0 Å². The lowest BCUT2D eigenvalue weighted by Crippen LogP contribution is -2.20. The Hall–Kier alpha value is -1.89. The molecule has 3 rings (SSSR count). The molecule has 0 N–H and O–H groups in total. The average molecular weight is 250 g/mol. The predicted molar refractivity (Wildman–Crippen MR) is 77.6 cm³/mol. The molecule has 0 amide bonds. The van der Waals surface area contributed by atoms with E-state index in [1.807, 2.05) is 44.2 Å². The minimum atomic E-state index is -0.249. The molecule has 0 aromatic heterocycles. The number of benzene rings is 2. The van der Waals surface area contributed by atoms with Crippen LogP contribution in [0.15, 0.2) is 48.5 Å². The van der Waals surface area contributed by atoms with Crippen molar-refractivity contribution in [3.05, 3.63) is 70.8 Å². The van der Waals surface area contributed by atoms with Gasteiger partial charge in [-0.05, 0) is 44.4 Å². The van der Waals surface area contributed by atoms with Crippen LogP contribution in [0.2, 0.25) is 0 Å². The molecule has 0 spiro atoms. The topological polar surface area (TPSA) is 17.1 Å². The Morgan fingerprint density at radius 1 is 0.947 bits per heavy atom. The van der Waals surface area contributed by atoms with Gasteiger partial charge in [-0.3, -0.25) is 4.79 Å². The Morgan fingerprint density at radius 3 is 2.05 bits per heavy atom. The Balaban J connectivity index is 2.00. The summed E-state index contributed by atoms with van der Waals surface area (Å²) in [5, 5.41) is 0. The maximum absolute atomic E-state index is 12.8. The van der Waals surface area contributed by atoms with Gasteiger partial charge in [-0.1, -0.05) is 47.5 Å². The first kappa shape index (κ1) is 12.2. The van der Waals surface area contributed by atoms with E-state index in [1.165, 1.54) is 5.56 Å². The van der Waals surface area contributed by atoms with Gasteiger partial charge in [0, 0.05) is 5.56 Å². The first-order chi connectivity index (χ1) is 9.12. The van der Waals surface area contributed by atoms with Gasteiger partial charge in [0.1, 0.15) is 0 Å². The zero-order chi connectivity index (χ0) is 13.5. The van der Waals surface area contributed by atoms with Crippen LogP contribution in [-0.4, -0.2) is 5.78 Å². The van der Waals surface area contributed by atoms with Crippen LogP contribution in [0.4, 0.5) is 0 Å². The standard InChI is InChI=1S/C18H18O/c1-13-10-14(2)12-15(11-13)17(19)18(8-9-18)16-6-4-3-5-7-16/h3-7,10-12H,8-9H2,1-2H3. The highest BCUT2D eigenvalue weighted by molar-refractivity contribution is 6.06. The van der Waals surface area contributed by atoms with E-state index in [2.05, 4.69) is 18.2 Å². The summed E-state index contributed by atoms with van der Waals surface area (Å²) in [7, 11) is 0. The van der Waals surface area contributed by atoms with Gasteiger partial charge in [0.15, 0.2) is 5.78 Å². The highest BCUT2D eigenvalue weighted by Gasteiger charge is 2.51. The molecule has 1 saturated carbocycles.